The van der Waals surface area contributed by atoms with E-state index >= 15 is 0 Å². The predicted molar refractivity (Wildman–Crippen MR) is 68.7 cm³/mol. The third-order valence-corrected chi connectivity index (χ3v) is 2.38. The van der Waals surface area contributed by atoms with Gasteiger partial charge in [0.2, 0.25) is 0 Å². The first-order valence-electron chi connectivity index (χ1n) is 5.76. The maximum Gasteiger partial charge on any atom is 0.191 e. The fraction of sp³-hybridized carbons (Fsp3) is 0.462. The van der Waals surface area contributed by atoms with E-state index in [-0.39, 0.29) is 6.61 Å². The minimum Gasteiger partial charge on any atom is -0.487 e. The number of hydrogen-bond donors (Lipinski definition) is 0. The quantitative estimate of drug-likeness (QED) is 0.714. The molecular weight excluding hydrogens is 254 g/mol. The van der Waals surface area contributed by atoms with Gasteiger partial charge in [0, 0.05) is 24.3 Å². The number of rotatable bonds is 7. The van der Waals surface area contributed by atoms with Gasteiger partial charge in [-0.15, -0.1) is 0 Å². The second-order valence-electron chi connectivity index (χ2n) is 3.40. The molecule has 1 aromatic carbocycles. The van der Waals surface area contributed by atoms with Crippen LogP contribution in [-0.4, -0.2) is 26.1 Å². The van der Waals surface area contributed by atoms with Crippen LogP contribution in [0.15, 0.2) is 18.2 Å². The normalized spacial score (nSPS) is 10.4. The van der Waals surface area contributed by atoms with Crippen molar-refractivity contribution in [2.45, 2.75) is 20.1 Å². The molecule has 0 aliphatic heterocycles. The molecule has 0 atom stereocenters. The summed E-state index contributed by atoms with van der Waals surface area (Å²) < 4.78 is 16.2. The number of benzene rings is 1. The molecule has 0 amide bonds. The van der Waals surface area contributed by atoms with Gasteiger partial charge in [-0.25, -0.2) is 0 Å². The Bertz CT molecular complexity index is 411. The lowest BCUT2D eigenvalue weighted by molar-refractivity contribution is -0.152. The summed E-state index contributed by atoms with van der Waals surface area (Å²) in [6, 6.07) is 6.92. The van der Waals surface area contributed by atoms with Gasteiger partial charge in [0.25, 0.3) is 0 Å². The SMILES string of the molecule is CCOC(COc1cc(Cl)ccc1C#N)OCC. The van der Waals surface area contributed by atoms with Crippen molar-refractivity contribution in [3.05, 3.63) is 28.8 Å². The van der Waals surface area contributed by atoms with E-state index in [2.05, 4.69) is 0 Å². The number of ether oxygens (including phenoxy) is 3. The zero-order valence-corrected chi connectivity index (χ0v) is 11.2. The molecule has 0 aliphatic rings. The average Bonchev–Trinajstić information content (AvgIpc) is 2.36. The van der Waals surface area contributed by atoms with Crippen molar-refractivity contribution in [3.8, 4) is 11.8 Å². The number of nitriles is 1. The van der Waals surface area contributed by atoms with Crippen molar-refractivity contribution in [1.82, 2.24) is 0 Å². The highest BCUT2D eigenvalue weighted by Crippen LogP contribution is 2.23. The minimum absolute atomic E-state index is 0.219. The summed E-state index contributed by atoms with van der Waals surface area (Å²) in [5.74, 6) is 0.439. The van der Waals surface area contributed by atoms with Crippen molar-refractivity contribution in [1.29, 1.82) is 5.26 Å². The molecule has 0 heterocycles. The molecule has 0 N–H and O–H groups in total. The monoisotopic (exact) mass is 269 g/mol. The largest absolute Gasteiger partial charge is 0.487 e. The lowest BCUT2D eigenvalue weighted by atomic mass is 10.2. The molecule has 98 valence electrons. The molecule has 1 aromatic rings. The van der Waals surface area contributed by atoms with Gasteiger partial charge in [-0.1, -0.05) is 11.6 Å². The molecule has 0 saturated heterocycles. The van der Waals surface area contributed by atoms with E-state index in [9.17, 15) is 0 Å². The van der Waals surface area contributed by atoms with Crippen molar-refractivity contribution >= 4 is 11.6 Å². The van der Waals surface area contributed by atoms with Gasteiger partial charge in [-0.2, -0.15) is 5.26 Å². The van der Waals surface area contributed by atoms with Gasteiger partial charge in [-0.3, -0.25) is 0 Å². The second-order valence-corrected chi connectivity index (χ2v) is 3.84. The van der Waals surface area contributed by atoms with E-state index in [0.29, 0.717) is 29.5 Å². The van der Waals surface area contributed by atoms with Crippen LogP contribution in [-0.2, 0) is 9.47 Å². The Morgan fingerprint density at radius 1 is 1.28 bits per heavy atom. The van der Waals surface area contributed by atoms with Crippen LogP contribution >= 0.6 is 11.6 Å². The first-order valence-corrected chi connectivity index (χ1v) is 6.14. The standard InChI is InChI=1S/C13H16ClNO3/c1-3-16-13(17-4-2)9-18-12-7-11(14)6-5-10(12)8-15/h5-7,13H,3-4,9H2,1-2H3. The van der Waals surface area contributed by atoms with Crippen molar-refractivity contribution in [2.75, 3.05) is 19.8 Å². The van der Waals surface area contributed by atoms with Crippen LogP contribution in [0.5, 0.6) is 5.75 Å². The summed E-state index contributed by atoms with van der Waals surface area (Å²) in [4.78, 5) is 0. The third-order valence-electron chi connectivity index (χ3n) is 2.14. The molecule has 5 heteroatoms. The van der Waals surface area contributed by atoms with Crippen molar-refractivity contribution < 1.29 is 14.2 Å². The van der Waals surface area contributed by atoms with E-state index < -0.39 is 6.29 Å². The van der Waals surface area contributed by atoms with E-state index in [1.165, 1.54) is 0 Å². The molecule has 0 bridgehead atoms. The Balaban J connectivity index is 2.66. The fourth-order valence-electron chi connectivity index (χ4n) is 1.38. The zero-order chi connectivity index (χ0) is 13.4. The summed E-state index contributed by atoms with van der Waals surface area (Å²) in [5, 5.41) is 9.47. The molecule has 4 nitrogen and oxygen atoms in total. The maximum atomic E-state index is 8.95. The van der Waals surface area contributed by atoms with Crippen LogP contribution in [0.2, 0.25) is 5.02 Å². The Kier molecular flexibility index (Phi) is 6.51. The van der Waals surface area contributed by atoms with Crippen LogP contribution in [0.3, 0.4) is 0 Å². The van der Waals surface area contributed by atoms with Gasteiger partial charge in [0.1, 0.15) is 18.4 Å². The van der Waals surface area contributed by atoms with Crippen LogP contribution in [0.1, 0.15) is 19.4 Å². The Morgan fingerprint density at radius 2 is 1.94 bits per heavy atom. The fourth-order valence-corrected chi connectivity index (χ4v) is 1.54. The number of nitrogens with zero attached hydrogens (tertiary/aromatic N) is 1. The van der Waals surface area contributed by atoms with E-state index in [1.807, 2.05) is 19.9 Å². The third kappa shape index (κ3) is 4.53. The lowest BCUT2D eigenvalue weighted by Crippen LogP contribution is -2.25. The lowest BCUT2D eigenvalue weighted by Gasteiger charge is -2.17. The number of halogens is 1. The van der Waals surface area contributed by atoms with Crippen LogP contribution < -0.4 is 4.74 Å². The second kappa shape index (κ2) is 7.93. The topological polar surface area (TPSA) is 51.5 Å². The average molecular weight is 270 g/mol. The summed E-state index contributed by atoms with van der Waals surface area (Å²) in [5.41, 5.74) is 0.436. The Labute approximate surface area is 112 Å². The van der Waals surface area contributed by atoms with Gasteiger partial charge >= 0.3 is 0 Å². The maximum absolute atomic E-state index is 8.95. The van der Waals surface area contributed by atoms with Crippen molar-refractivity contribution in [2.24, 2.45) is 0 Å². The Morgan fingerprint density at radius 3 is 2.50 bits per heavy atom. The van der Waals surface area contributed by atoms with Crippen LogP contribution in [0.25, 0.3) is 0 Å². The smallest absolute Gasteiger partial charge is 0.191 e. The van der Waals surface area contributed by atoms with Gasteiger partial charge in [0.05, 0.1) is 5.56 Å². The molecule has 0 aliphatic carbocycles. The minimum atomic E-state index is -0.439. The highest BCUT2D eigenvalue weighted by atomic mass is 35.5. The summed E-state index contributed by atoms with van der Waals surface area (Å²) in [6.07, 6.45) is -0.439. The van der Waals surface area contributed by atoms with E-state index in [0.717, 1.165) is 0 Å². The summed E-state index contributed by atoms with van der Waals surface area (Å²) >= 11 is 5.86. The van der Waals surface area contributed by atoms with Crippen LogP contribution in [0, 0.1) is 11.3 Å². The molecule has 0 aromatic heterocycles. The molecule has 0 unspecified atom stereocenters. The highest BCUT2D eigenvalue weighted by Gasteiger charge is 2.11. The highest BCUT2D eigenvalue weighted by molar-refractivity contribution is 6.30. The van der Waals surface area contributed by atoms with E-state index in [1.54, 1.807) is 18.2 Å². The molecule has 0 radical (unpaired) electrons. The molecule has 0 saturated carbocycles. The first-order chi connectivity index (χ1) is 8.71. The zero-order valence-electron chi connectivity index (χ0n) is 10.5. The van der Waals surface area contributed by atoms with Crippen LogP contribution in [0.4, 0.5) is 0 Å². The van der Waals surface area contributed by atoms with Gasteiger partial charge in [-0.05, 0) is 26.0 Å². The molecule has 0 fully saturated rings. The molecule has 0 spiro atoms. The molecular formula is C13H16ClNO3. The molecule has 18 heavy (non-hydrogen) atoms. The Hall–Kier alpha value is -1.28. The van der Waals surface area contributed by atoms with Gasteiger partial charge < -0.3 is 14.2 Å². The van der Waals surface area contributed by atoms with Gasteiger partial charge in [0.15, 0.2) is 6.29 Å². The predicted octanol–water partition coefficient (Wildman–Crippen LogP) is 2.99. The number of hydrogen-bond acceptors (Lipinski definition) is 4. The summed E-state index contributed by atoms with van der Waals surface area (Å²) in [7, 11) is 0. The van der Waals surface area contributed by atoms with Crippen molar-refractivity contribution in [3.63, 3.8) is 0 Å². The molecule has 1 rings (SSSR count). The van der Waals surface area contributed by atoms with E-state index in [4.69, 9.17) is 31.1 Å². The summed E-state index contributed by atoms with van der Waals surface area (Å²) in [6.45, 7) is 5.05. The first kappa shape index (κ1) is 14.8.